The molecule has 0 bridgehead atoms. The first-order valence-electron chi connectivity index (χ1n) is 8.44. The van der Waals surface area contributed by atoms with Crippen molar-refractivity contribution in [1.29, 1.82) is 0 Å². The summed E-state index contributed by atoms with van der Waals surface area (Å²) in [5.41, 5.74) is 4.19. The van der Waals surface area contributed by atoms with Crippen LogP contribution < -0.4 is 5.43 Å². The van der Waals surface area contributed by atoms with Crippen LogP contribution in [0.5, 0.6) is 0 Å². The number of hydrazone groups is 1. The number of nitro benzene ring substituents is 2. The monoisotopic (exact) mass is 405 g/mol. The molecular weight excluding hydrogens is 386 g/mol. The molecule has 3 rings (SSSR count). The molecule has 0 saturated carbocycles. The second-order valence-electron chi connectivity index (χ2n) is 6.41. The van der Waals surface area contributed by atoms with Crippen molar-refractivity contribution in [2.45, 2.75) is 12.3 Å². The van der Waals surface area contributed by atoms with Gasteiger partial charge in [0.05, 0.1) is 15.9 Å². The summed E-state index contributed by atoms with van der Waals surface area (Å²) in [5, 5.41) is 26.5. The molecule has 1 heterocycles. The molecule has 28 heavy (non-hydrogen) atoms. The van der Waals surface area contributed by atoms with Gasteiger partial charge in [0.2, 0.25) is 0 Å². The van der Waals surface area contributed by atoms with E-state index in [4.69, 9.17) is 0 Å². The Morgan fingerprint density at radius 3 is 2.46 bits per heavy atom. The Bertz CT molecular complexity index is 891. The maximum atomic E-state index is 11.3. The molecule has 1 unspecified atom stereocenters. The van der Waals surface area contributed by atoms with Crippen LogP contribution >= 0.6 is 12.4 Å². The van der Waals surface area contributed by atoms with Crippen LogP contribution in [0.1, 0.15) is 17.9 Å². The summed E-state index contributed by atoms with van der Waals surface area (Å²) in [7, 11) is 2.04. The normalized spacial score (nSPS) is 18.3. The van der Waals surface area contributed by atoms with E-state index in [9.17, 15) is 20.2 Å². The van der Waals surface area contributed by atoms with E-state index in [0.717, 1.165) is 36.9 Å². The second-order valence-corrected chi connectivity index (χ2v) is 6.41. The third kappa shape index (κ3) is 4.81. The highest BCUT2D eigenvalue weighted by atomic mass is 35.5. The number of anilines is 1. The SMILES string of the molecule is CN1CCC(=NNc2ccc([N+](=O)[O-])cc2[N+](=O)[O-])C(c2ccccc2)C1.Cl. The van der Waals surface area contributed by atoms with Crippen LogP contribution in [0.25, 0.3) is 0 Å². The highest BCUT2D eigenvalue weighted by Gasteiger charge is 2.26. The number of rotatable bonds is 5. The summed E-state index contributed by atoms with van der Waals surface area (Å²) in [6.45, 7) is 1.64. The number of halogens is 1. The lowest BCUT2D eigenvalue weighted by molar-refractivity contribution is -0.393. The van der Waals surface area contributed by atoms with Crippen LogP contribution in [-0.4, -0.2) is 40.6 Å². The lowest BCUT2D eigenvalue weighted by Gasteiger charge is -2.31. The topological polar surface area (TPSA) is 114 Å². The number of nitrogens with zero attached hydrogens (tertiary/aromatic N) is 4. The largest absolute Gasteiger partial charge is 0.305 e. The van der Waals surface area contributed by atoms with Gasteiger partial charge in [0, 0.05) is 37.2 Å². The summed E-state index contributed by atoms with van der Waals surface area (Å²) in [6.07, 6.45) is 0.726. The molecule has 0 radical (unpaired) electrons. The molecule has 9 nitrogen and oxygen atoms in total. The number of likely N-dealkylation sites (N-methyl/N-ethyl adjacent to an activating group) is 1. The number of likely N-dealkylation sites (tertiary alicyclic amines) is 1. The van der Waals surface area contributed by atoms with Crippen molar-refractivity contribution in [1.82, 2.24) is 4.90 Å². The van der Waals surface area contributed by atoms with E-state index in [-0.39, 0.29) is 35.4 Å². The maximum absolute atomic E-state index is 11.3. The summed E-state index contributed by atoms with van der Waals surface area (Å²) in [6, 6.07) is 13.4. The van der Waals surface area contributed by atoms with Crippen molar-refractivity contribution in [2.75, 3.05) is 25.6 Å². The Morgan fingerprint density at radius 2 is 1.82 bits per heavy atom. The molecule has 0 aliphatic carbocycles. The van der Waals surface area contributed by atoms with Crippen LogP contribution in [0.2, 0.25) is 0 Å². The smallest absolute Gasteiger partial charge is 0.301 e. The van der Waals surface area contributed by atoms with E-state index in [2.05, 4.69) is 15.4 Å². The van der Waals surface area contributed by atoms with Gasteiger partial charge < -0.3 is 4.90 Å². The van der Waals surface area contributed by atoms with Gasteiger partial charge in [-0.15, -0.1) is 12.4 Å². The minimum Gasteiger partial charge on any atom is -0.305 e. The molecule has 2 aromatic carbocycles. The van der Waals surface area contributed by atoms with Crippen molar-refractivity contribution in [3.05, 3.63) is 74.3 Å². The third-order valence-electron chi connectivity index (χ3n) is 4.56. The number of nitrogens with one attached hydrogen (secondary N) is 1. The van der Waals surface area contributed by atoms with Gasteiger partial charge >= 0.3 is 5.69 Å². The minimum absolute atomic E-state index is 0. The van der Waals surface area contributed by atoms with Crippen molar-refractivity contribution >= 4 is 35.2 Å². The number of nitro groups is 2. The van der Waals surface area contributed by atoms with E-state index in [1.807, 2.05) is 37.4 Å². The predicted octanol–water partition coefficient (Wildman–Crippen LogP) is 3.81. The first-order chi connectivity index (χ1) is 13.0. The fourth-order valence-corrected chi connectivity index (χ4v) is 3.12. The number of piperidine rings is 1. The Labute approximate surface area is 167 Å². The molecule has 148 valence electrons. The van der Waals surface area contributed by atoms with E-state index < -0.39 is 9.85 Å². The van der Waals surface area contributed by atoms with Gasteiger partial charge in [-0.25, -0.2) is 0 Å². The number of benzene rings is 2. The maximum Gasteiger partial charge on any atom is 0.301 e. The van der Waals surface area contributed by atoms with Gasteiger partial charge in [-0.3, -0.25) is 25.7 Å². The van der Waals surface area contributed by atoms with Gasteiger partial charge in [-0.1, -0.05) is 30.3 Å². The third-order valence-corrected chi connectivity index (χ3v) is 4.56. The van der Waals surface area contributed by atoms with Gasteiger partial charge in [0.15, 0.2) is 0 Å². The Kier molecular flexibility index (Phi) is 7.02. The predicted molar refractivity (Wildman–Crippen MR) is 109 cm³/mol. The zero-order chi connectivity index (χ0) is 19.4. The van der Waals surface area contributed by atoms with E-state index >= 15 is 0 Å². The van der Waals surface area contributed by atoms with Crippen molar-refractivity contribution < 1.29 is 9.85 Å². The fourth-order valence-electron chi connectivity index (χ4n) is 3.12. The summed E-state index contributed by atoms with van der Waals surface area (Å²) in [4.78, 5) is 23.0. The zero-order valence-electron chi connectivity index (χ0n) is 15.1. The molecule has 0 amide bonds. The van der Waals surface area contributed by atoms with Crippen molar-refractivity contribution in [2.24, 2.45) is 5.10 Å². The molecule has 0 aromatic heterocycles. The van der Waals surface area contributed by atoms with Crippen LogP contribution in [0, 0.1) is 20.2 Å². The molecule has 2 aromatic rings. The van der Waals surface area contributed by atoms with E-state index in [1.54, 1.807) is 0 Å². The molecule has 10 heteroatoms. The summed E-state index contributed by atoms with van der Waals surface area (Å²) < 4.78 is 0. The first-order valence-corrected chi connectivity index (χ1v) is 8.44. The number of non-ortho nitro benzene ring substituents is 1. The Hall–Kier alpha value is -3.04. The first kappa shape index (κ1) is 21.3. The van der Waals surface area contributed by atoms with Crippen LogP contribution in [0.15, 0.2) is 53.6 Å². The highest BCUT2D eigenvalue weighted by molar-refractivity contribution is 5.92. The molecule has 1 aliphatic rings. The molecule has 1 fully saturated rings. The quantitative estimate of drug-likeness (QED) is 0.597. The second kappa shape index (κ2) is 9.25. The molecule has 1 atom stereocenters. The molecular formula is C18H20ClN5O4. The van der Waals surface area contributed by atoms with Crippen LogP contribution in [0.3, 0.4) is 0 Å². The zero-order valence-corrected chi connectivity index (χ0v) is 16.0. The van der Waals surface area contributed by atoms with Crippen LogP contribution in [-0.2, 0) is 0 Å². The highest BCUT2D eigenvalue weighted by Crippen LogP contribution is 2.30. The lowest BCUT2D eigenvalue weighted by atomic mass is 9.89. The van der Waals surface area contributed by atoms with E-state index in [0.29, 0.717) is 0 Å². The van der Waals surface area contributed by atoms with E-state index in [1.165, 1.54) is 12.1 Å². The lowest BCUT2D eigenvalue weighted by Crippen LogP contribution is -2.37. The van der Waals surface area contributed by atoms with Gasteiger partial charge in [-0.2, -0.15) is 5.10 Å². The van der Waals surface area contributed by atoms with Gasteiger partial charge in [-0.05, 0) is 18.7 Å². The number of hydrogen-bond acceptors (Lipinski definition) is 7. The number of hydrogen-bond donors (Lipinski definition) is 1. The standard InChI is InChI=1S/C18H19N5O4.ClH/c1-21-10-9-16(15(12-21)13-5-3-2-4-6-13)19-20-17-8-7-14(22(24)25)11-18(17)23(26)27;/h2-8,11,15,20H,9-10,12H2,1H3;1H. The summed E-state index contributed by atoms with van der Waals surface area (Å²) >= 11 is 0. The van der Waals surface area contributed by atoms with Gasteiger partial charge in [0.1, 0.15) is 5.69 Å². The molecule has 1 N–H and O–H groups in total. The van der Waals surface area contributed by atoms with Crippen molar-refractivity contribution in [3.8, 4) is 0 Å². The Balaban J connectivity index is 0.00000280. The van der Waals surface area contributed by atoms with Crippen LogP contribution in [0.4, 0.5) is 17.1 Å². The summed E-state index contributed by atoms with van der Waals surface area (Å²) in [5.74, 6) is 0.0783. The molecule has 1 aliphatic heterocycles. The minimum atomic E-state index is -0.662. The average Bonchev–Trinajstić information content (AvgIpc) is 2.67. The van der Waals surface area contributed by atoms with Crippen molar-refractivity contribution in [3.63, 3.8) is 0 Å². The molecule has 1 saturated heterocycles. The fraction of sp³-hybridized carbons (Fsp3) is 0.278. The van der Waals surface area contributed by atoms with Gasteiger partial charge in [0.25, 0.3) is 5.69 Å². The average molecular weight is 406 g/mol. The molecule has 0 spiro atoms. The Morgan fingerprint density at radius 1 is 1.11 bits per heavy atom.